The number of amides is 1. The molecule has 0 aliphatic heterocycles. The summed E-state index contributed by atoms with van der Waals surface area (Å²) in [6, 6.07) is 10.3. The quantitative estimate of drug-likeness (QED) is 0.827. The van der Waals surface area contributed by atoms with Gasteiger partial charge < -0.3 is 5.32 Å². The minimum absolute atomic E-state index is 0.105. The number of sulfonamides is 1. The molecule has 0 heterocycles. The minimum atomic E-state index is -3.54. The highest BCUT2D eigenvalue weighted by molar-refractivity contribution is 7.88. The van der Waals surface area contributed by atoms with Gasteiger partial charge in [-0.1, -0.05) is 18.2 Å². The molecule has 0 saturated heterocycles. The SMILES string of the molecule is Cc1cc(C)cc(NC(=O)C[C@@H](NS(C)(=O)=O)c2ccc(F)cc2)c1. The second kappa shape index (κ2) is 7.76. The largest absolute Gasteiger partial charge is 0.326 e. The number of carbonyl (C=O) groups excluding carboxylic acids is 1. The van der Waals surface area contributed by atoms with Crippen molar-refractivity contribution < 1.29 is 17.6 Å². The number of halogens is 1. The van der Waals surface area contributed by atoms with E-state index < -0.39 is 21.9 Å². The molecular formula is C18H21FN2O3S. The summed E-state index contributed by atoms with van der Waals surface area (Å²) in [7, 11) is -3.54. The summed E-state index contributed by atoms with van der Waals surface area (Å²) in [5.74, 6) is -0.767. The van der Waals surface area contributed by atoms with Crippen LogP contribution in [0.15, 0.2) is 42.5 Å². The average Bonchev–Trinajstić information content (AvgIpc) is 2.44. The molecule has 0 aliphatic rings. The van der Waals surface area contributed by atoms with Crippen LogP contribution in [0.4, 0.5) is 10.1 Å². The Hall–Kier alpha value is -2.25. The Morgan fingerprint density at radius 1 is 1.08 bits per heavy atom. The zero-order chi connectivity index (χ0) is 18.6. The second-order valence-corrected chi connectivity index (χ2v) is 7.90. The fourth-order valence-corrected chi connectivity index (χ4v) is 3.36. The Morgan fingerprint density at radius 3 is 2.16 bits per heavy atom. The number of rotatable bonds is 6. The Balaban J connectivity index is 2.17. The van der Waals surface area contributed by atoms with E-state index in [1.165, 1.54) is 24.3 Å². The fourth-order valence-electron chi connectivity index (χ4n) is 2.63. The predicted molar refractivity (Wildman–Crippen MR) is 96.3 cm³/mol. The van der Waals surface area contributed by atoms with Gasteiger partial charge in [-0.2, -0.15) is 0 Å². The first-order valence-electron chi connectivity index (χ1n) is 7.73. The normalized spacial score (nSPS) is 12.6. The van der Waals surface area contributed by atoms with Crippen LogP contribution in [0, 0.1) is 19.7 Å². The van der Waals surface area contributed by atoms with Crippen molar-refractivity contribution in [1.82, 2.24) is 4.72 Å². The number of benzene rings is 2. The number of nitrogens with one attached hydrogen (secondary N) is 2. The van der Waals surface area contributed by atoms with E-state index in [4.69, 9.17) is 0 Å². The van der Waals surface area contributed by atoms with E-state index in [0.717, 1.165) is 17.4 Å². The number of anilines is 1. The smallest absolute Gasteiger partial charge is 0.226 e. The van der Waals surface area contributed by atoms with Crippen molar-refractivity contribution in [3.63, 3.8) is 0 Å². The van der Waals surface area contributed by atoms with E-state index in [9.17, 15) is 17.6 Å². The zero-order valence-electron chi connectivity index (χ0n) is 14.3. The van der Waals surface area contributed by atoms with E-state index in [-0.39, 0.29) is 12.3 Å². The van der Waals surface area contributed by atoms with Crippen molar-refractivity contribution >= 4 is 21.6 Å². The predicted octanol–water partition coefficient (Wildman–Crippen LogP) is 3.06. The third-order valence-electron chi connectivity index (χ3n) is 3.52. The average molecular weight is 364 g/mol. The lowest BCUT2D eigenvalue weighted by molar-refractivity contribution is -0.116. The molecule has 25 heavy (non-hydrogen) atoms. The van der Waals surface area contributed by atoms with E-state index in [2.05, 4.69) is 10.0 Å². The van der Waals surface area contributed by atoms with Crippen LogP contribution in [-0.2, 0) is 14.8 Å². The highest BCUT2D eigenvalue weighted by atomic mass is 32.2. The monoisotopic (exact) mass is 364 g/mol. The molecule has 134 valence electrons. The molecule has 0 fully saturated rings. The summed E-state index contributed by atoms with van der Waals surface area (Å²) in [4.78, 5) is 12.4. The van der Waals surface area contributed by atoms with Crippen LogP contribution in [0.2, 0.25) is 0 Å². The lowest BCUT2D eigenvalue weighted by atomic mass is 10.0. The Kier molecular flexibility index (Phi) is 5.92. The highest BCUT2D eigenvalue weighted by Crippen LogP contribution is 2.20. The van der Waals surface area contributed by atoms with Gasteiger partial charge in [0.15, 0.2) is 0 Å². The minimum Gasteiger partial charge on any atom is -0.326 e. The molecule has 0 aliphatic carbocycles. The molecule has 1 amide bonds. The van der Waals surface area contributed by atoms with Gasteiger partial charge in [0.1, 0.15) is 5.82 Å². The summed E-state index contributed by atoms with van der Waals surface area (Å²) in [5.41, 5.74) is 3.20. The Morgan fingerprint density at radius 2 is 1.64 bits per heavy atom. The summed E-state index contributed by atoms with van der Waals surface area (Å²) >= 11 is 0. The van der Waals surface area contributed by atoms with E-state index in [1.54, 1.807) is 0 Å². The molecular weight excluding hydrogens is 343 g/mol. The van der Waals surface area contributed by atoms with Crippen molar-refractivity contribution in [2.75, 3.05) is 11.6 Å². The summed E-state index contributed by atoms with van der Waals surface area (Å²) < 4.78 is 38.7. The molecule has 2 aromatic carbocycles. The molecule has 0 spiro atoms. The van der Waals surface area contributed by atoms with Gasteiger partial charge in [-0.15, -0.1) is 0 Å². The van der Waals surface area contributed by atoms with Gasteiger partial charge in [-0.3, -0.25) is 4.79 Å². The molecule has 0 aromatic heterocycles. The molecule has 2 rings (SSSR count). The van der Waals surface area contributed by atoms with E-state index in [0.29, 0.717) is 11.3 Å². The van der Waals surface area contributed by atoms with Crippen LogP contribution in [0.25, 0.3) is 0 Å². The van der Waals surface area contributed by atoms with Crippen molar-refractivity contribution in [3.8, 4) is 0 Å². The number of hydrogen-bond acceptors (Lipinski definition) is 3. The molecule has 0 unspecified atom stereocenters. The molecule has 5 nitrogen and oxygen atoms in total. The molecule has 2 aromatic rings. The highest BCUT2D eigenvalue weighted by Gasteiger charge is 2.20. The standard InChI is InChI=1S/C18H21FN2O3S/c1-12-8-13(2)10-16(9-12)20-18(22)11-17(21-25(3,23)24)14-4-6-15(19)7-5-14/h4-10,17,21H,11H2,1-3H3,(H,20,22)/t17-/m1/s1. The third-order valence-corrected chi connectivity index (χ3v) is 4.24. The molecule has 7 heteroatoms. The van der Waals surface area contributed by atoms with Crippen molar-refractivity contribution in [2.45, 2.75) is 26.3 Å². The van der Waals surface area contributed by atoms with Gasteiger partial charge in [0.2, 0.25) is 15.9 Å². The van der Waals surface area contributed by atoms with Crippen LogP contribution < -0.4 is 10.0 Å². The third kappa shape index (κ3) is 6.28. The second-order valence-electron chi connectivity index (χ2n) is 6.12. The van der Waals surface area contributed by atoms with Crippen LogP contribution >= 0.6 is 0 Å². The molecule has 1 atom stereocenters. The van der Waals surface area contributed by atoms with Gasteiger partial charge in [-0.25, -0.2) is 17.5 Å². The Bertz CT molecular complexity index is 844. The summed E-state index contributed by atoms with van der Waals surface area (Å²) in [6.07, 6.45) is 0.914. The first-order valence-corrected chi connectivity index (χ1v) is 9.62. The van der Waals surface area contributed by atoms with Crippen molar-refractivity contribution in [3.05, 3.63) is 65.0 Å². The number of carbonyl (C=O) groups is 1. The lowest BCUT2D eigenvalue weighted by Crippen LogP contribution is -2.30. The summed E-state index contributed by atoms with van der Waals surface area (Å²) in [5, 5.41) is 2.77. The van der Waals surface area contributed by atoms with Crippen molar-refractivity contribution in [1.29, 1.82) is 0 Å². The van der Waals surface area contributed by atoms with Crippen LogP contribution in [0.1, 0.15) is 29.2 Å². The lowest BCUT2D eigenvalue weighted by Gasteiger charge is -2.18. The van der Waals surface area contributed by atoms with Gasteiger partial charge in [-0.05, 0) is 54.8 Å². The maximum atomic E-state index is 13.1. The maximum absolute atomic E-state index is 13.1. The van der Waals surface area contributed by atoms with Crippen LogP contribution in [0.5, 0.6) is 0 Å². The van der Waals surface area contributed by atoms with Crippen LogP contribution in [0.3, 0.4) is 0 Å². The number of aryl methyl sites for hydroxylation is 2. The zero-order valence-corrected chi connectivity index (χ0v) is 15.2. The van der Waals surface area contributed by atoms with Gasteiger partial charge in [0, 0.05) is 12.1 Å². The number of hydrogen-bond donors (Lipinski definition) is 2. The first-order chi connectivity index (χ1) is 11.6. The molecule has 2 N–H and O–H groups in total. The molecule has 0 saturated carbocycles. The van der Waals surface area contributed by atoms with Gasteiger partial charge >= 0.3 is 0 Å². The molecule has 0 bridgehead atoms. The molecule has 0 radical (unpaired) electrons. The Labute approximate surface area is 147 Å². The summed E-state index contributed by atoms with van der Waals surface area (Å²) in [6.45, 7) is 3.85. The maximum Gasteiger partial charge on any atom is 0.226 e. The van der Waals surface area contributed by atoms with E-state index >= 15 is 0 Å². The van der Waals surface area contributed by atoms with Gasteiger partial charge in [0.05, 0.1) is 12.3 Å². The van der Waals surface area contributed by atoms with E-state index in [1.807, 2.05) is 32.0 Å². The van der Waals surface area contributed by atoms with Gasteiger partial charge in [0.25, 0.3) is 0 Å². The first kappa shape index (κ1) is 19.1. The topological polar surface area (TPSA) is 75.3 Å². The van der Waals surface area contributed by atoms with Crippen molar-refractivity contribution in [2.24, 2.45) is 0 Å². The fraction of sp³-hybridized carbons (Fsp3) is 0.278. The van der Waals surface area contributed by atoms with Crippen LogP contribution in [-0.4, -0.2) is 20.6 Å².